The summed E-state index contributed by atoms with van der Waals surface area (Å²) in [5.74, 6) is -1.24. The quantitative estimate of drug-likeness (QED) is 0.819. The third kappa shape index (κ3) is 4.42. The highest BCUT2D eigenvalue weighted by Crippen LogP contribution is 2.23. The van der Waals surface area contributed by atoms with E-state index in [1.54, 1.807) is 4.72 Å². The van der Waals surface area contributed by atoms with Crippen LogP contribution >= 0.6 is 0 Å². The predicted octanol–water partition coefficient (Wildman–Crippen LogP) is 1.55. The van der Waals surface area contributed by atoms with Crippen LogP contribution in [0.15, 0.2) is 23.1 Å². The molecule has 124 valence electrons. The fourth-order valence-electron chi connectivity index (χ4n) is 1.68. The van der Waals surface area contributed by atoms with Gasteiger partial charge in [0.05, 0.1) is 10.5 Å². The van der Waals surface area contributed by atoms with Crippen molar-refractivity contribution in [1.29, 1.82) is 0 Å². The number of sulfonamides is 1. The number of carbonyl (C=O) groups is 1. The monoisotopic (exact) mass is 341 g/mol. The first-order valence-corrected chi connectivity index (χ1v) is 7.40. The Morgan fingerprint density at radius 1 is 1.41 bits per heavy atom. The molecule has 1 unspecified atom stereocenters. The SMILES string of the molecule is COC(CNS(=O)(=O)c1ccc(C(=O)O)cc1C)C(F)(F)F. The van der Waals surface area contributed by atoms with Gasteiger partial charge in [-0.25, -0.2) is 17.9 Å². The van der Waals surface area contributed by atoms with E-state index >= 15 is 0 Å². The van der Waals surface area contributed by atoms with Crippen LogP contribution in [-0.2, 0) is 14.8 Å². The molecule has 0 amide bonds. The molecule has 0 fully saturated rings. The zero-order valence-electron chi connectivity index (χ0n) is 11.6. The normalized spacial score (nSPS) is 13.9. The van der Waals surface area contributed by atoms with Gasteiger partial charge in [-0.15, -0.1) is 0 Å². The van der Waals surface area contributed by atoms with E-state index in [1.165, 1.54) is 6.92 Å². The minimum Gasteiger partial charge on any atom is -0.478 e. The van der Waals surface area contributed by atoms with E-state index in [1.807, 2.05) is 0 Å². The molecule has 0 saturated heterocycles. The molecular weight excluding hydrogens is 327 g/mol. The maximum atomic E-state index is 12.5. The Hall–Kier alpha value is -1.65. The van der Waals surface area contributed by atoms with Crippen LogP contribution in [0.4, 0.5) is 13.2 Å². The van der Waals surface area contributed by atoms with Crippen molar-refractivity contribution in [2.75, 3.05) is 13.7 Å². The largest absolute Gasteiger partial charge is 0.478 e. The van der Waals surface area contributed by atoms with Gasteiger partial charge in [0, 0.05) is 13.7 Å². The first-order valence-electron chi connectivity index (χ1n) is 5.92. The highest BCUT2D eigenvalue weighted by molar-refractivity contribution is 7.89. The summed E-state index contributed by atoms with van der Waals surface area (Å²) in [6, 6.07) is 3.20. The molecule has 0 spiro atoms. The number of methoxy groups -OCH3 is 1. The van der Waals surface area contributed by atoms with Crippen molar-refractivity contribution in [1.82, 2.24) is 4.72 Å². The van der Waals surface area contributed by atoms with Gasteiger partial charge < -0.3 is 9.84 Å². The number of halogens is 3. The molecule has 0 saturated carbocycles. The summed E-state index contributed by atoms with van der Waals surface area (Å²) in [6.45, 7) is 0.362. The highest BCUT2D eigenvalue weighted by Gasteiger charge is 2.40. The number of ether oxygens (including phenoxy) is 1. The molecule has 0 heterocycles. The van der Waals surface area contributed by atoms with E-state index in [-0.39, 0.29) is 16.0 Å². The average Bonchev–Trinajstić information content (AvgIpc) is 2.37. The maximum Gasteiger partial charge on any atom is 0.415 e. The first kappa shape index (κ1) is 18.4. The lowest BCUT2D eigenvalue weighted by Crippen LogP contribution is -2.42. The van der Waals surface area contributed by atoms with Crippen molar-refractivity contribution in [2.45, 2.75) is 24.1 Å². The second-order valence-corrected chi connectivity index (χ2v) is 6.14. The van der Waals surface area contributed by atoms with E-state index in [4.69, 9.17) is 5.11 Å². The van der Waals surface area contributed by atoms with Gasteiger partial charge in [0.2, 0.25) is 10.0 Å². The first-order chi connectivity index (χ1) is 9.99. The Morgan fingerprint density at radius 2 is 2.00 bits per heavy atom. The molecule has 0 aliphatic carbocycles. The van der Waals surface area contributed by atoms with Crippen molar-refractivity contribution < 1.29 is 36.2 Å². The highest BCUT2D eigenvalue weighted by atomic mass is 32.2. The summed E-state index contributed by atoms with van der Waals surface area (Å²) in [5.41, 5.74) is -0.0186. The molecule has 0 bridgehead atoms. The third-order valence-corrected chi connectivity index (χ3v) is 4.40. The molecule has 0 aliphatic heterocycles. The van der Waals surface area contributed by atoms with E-state index in [9.17, 15) is 26.4 Å². The number of hydrogen-bond donors (Lipinski definition) is 2. The van der Waals surface area contributed by atoms with Crippen molar-refractivity contribution in [3.63, 3.8) is 0 Å². The molecule has 1 aromatic rings. The Labute approximate surface area is 124 Å². The van der Waals surface area contributed by atoms with Gasteiger partial charge in [-0.05, 0) is 30.7 Å². The Balaban J connectivity index is 2.98. The summed E-state index contributed by atoms with van der Waals surface area (Å²) in [6.07, 6.45) is -6.99. The number of hydrogen-bond acceptors (Lipinski definition) is 4. The van der Waals surface area contributed by atoms with E-state index in [0.717, 1.165) is 25.3 Å². The molecule has 6 nitrogen and oxygen atoms in total. The topological polar surface area (TPSA) is 92.7 Å². The number of aryl methyl sites for hydroxylation is 1. The molecule has 1 aromatic carbocycles. The number of alkyl halides is 3. The molecule has 0 aromatic heterocycles. The summed E-state index contributed by atoms with van der Waals surface area (Å²) in [5, 5.41) is 8.79. The van der Waals surface area contributed by atoms with Gasteiger partial charge in [-0.3, -0.25) is 0 Å². The zero-order chi connectivity index (χ0) is 17.1. The fraction of sp³-hybridized carbons (Fsp3) is 0.417. The molecule has 10 heteroatoms. The lowest BCUT2D eigenvalue weighted by atomic mass is 10.1. The van der Waals surface area contributed by atoms with Crippen LogP contribution in [0.3, 0.4) is 0 Å². The minimum atomic E-state index is -4.71. The van der Waals surface area contributed by atoms with Gasteiger partial charge in [0.1, 0.15) is 0 Å². The molecule has 0 radical (unpaired) electrons. The molecule has 1 atom stereocenters. The molecule has 22 heavy (non-hydrogen) atoms. The van der Waals surface area contributed by atoms with Crippen LogP contribution in [0, 0.1) is 6.92 Å². The minimum absolute atomic E-state index is 0.105. The smallest absolute Gasteiger partial charge is 0.415 e. The van der Waals surface area contributed by atoms with Crippen LogP contribution in [0.25, 0.3) is 0 Å². The van der Waals surface area contributed by atoms with Crippen LogP contribution in [0.2, 0.25) is 0 Å². The van der Waals surface area contributed by atoms with E-state index < -0.39 is 34.8 Å². The van der Waals surface area contributed by atoms with Crippen LogP contribution in [-0.4, -0.2) is 45.4 Å². The summed E-state index contributed by atoms with van der Waals surface area (Å²) < 4.78 is 67.5. The second kappa shape index (κ2) is 6.63. The maximum absolute atomic E-state index is 12.5. The Bertz CT molecular complexity index is 657. The number of aromatic carboxylic acids is 1. The number of benzene rings is 1. The summed E-state index contributed by atoms with van der Waals surface area (Å²) in [7, 11) is -3.40. The van der Waals surface area contributed by atoms with Crippen molar-refractivity contribution >= 4 is 16.0 Å². The van der Waals surface area contributed by atoms with Gasteiger partial charge in [0.15, 0.2) is 6.10 Å². The average molecular weight is 341 g/mol. The van der Waals surface area contributed by atoms with Gasteiger partial charge in [-0.2, -0.15) is 13.2 Å². The van der Waals surface area contributed by atoms with Crippen LogP contribution in [0.1, 0.15) is 15.9 Å². The van der Waals surface area contributed by atoms with Crippen molar-refractivity contribution in [3.05, 3.63) is 29.3 Å². The predicted molar refractivity (Wildman–Crippen MR) is 70.2 cm³/mol. The Morgan fingerprint density at radius 3 is 2.41 bits per heavy atom. The van der Waals surface area contributed by atoms with Crippen LogP contribution in [0.5, 0.6) is 0 Å². The third-order valence-electron chi connectivity index (χ3n) is 2.82. The molecule has 0 aliphatic rings. The molecule has 1 rings (SSSR count). The Kier molecular flexibility index (Phi) is 5.54. The number of carboxylic acids is 1. The number of carboxylic acid groups (broad SMARTS) is 1. The number of nitrogens with one attached hydrogen (secondary N) is 1. The lowest BCUT2D eigenvalue weighted by molar-refractivity contribution is -0.209. The summed E-state index contributed by atoms with van der Waals surface area (Å²) >= 11 is 0. The van der Waals surface area contributed by atoms with Crippen LogP contribution < -0.4 is 4.72 Å². The lowest BCUT2D eigenvalue weighted by Gasteiger charge is -2.19. The van der Waals surface area contributed by atoms with Gasteiger partial charge in [0.25, 0.3) is 0 Å². The van der Waals surface area contributed by atoms with Gasteiger partial charge >= 0.3 is 12.1 Å². The second-order valence-electron chi connectivity index (χ2n) is 4.40. The zero-order valence-corrected chi connectivity index (χ0v) is 12.5. The van der Waals surface area contributed by atoms with E-state index in [0.29, 0.717) is 0 Å². The molecule has 2 N–H and O–H groups in total. The van der Waals surface area contributed by atoms with Crippen molar-refractivity contribution in [3.8, 4) is 0 Å². The van der Waals surface area contributed by atoms with Crippen molar-refractivity contribution in [2.24, 2.45) is 0 Å². The standard InChI is InChI=1S/C12H14F3NO5S/c1-7-5-8(11(17)18)3-4-9(7)22(19,20)16-6-10(21-2)12(13,14)15/h3-5,10,16H,6H2,1-2H3,(H,17,18). The molecular formula is C12H14F3NO5S. The number of rotatable bonds is 6. The fourth-order valence-corrected chi connectivity index (χ4v) is 2.94. The van der Waals surface area contributed by atoms with E-state index in [2.05, 4.69) is 4.74 Å². The van der Waals surface area contributed by atoms with Gasteiger partial charge in [-0.1, -0.05) is 0 Å². The summed E-state index contributed by atoms with van der Waals surface area (Å²) in [4.78, 5) is 10.5.